The molecule has 8 heteroatoms. The molecule has 3 aromatic rings. The molecule has 170 valence electrons. The Labute approximate surface area is 198 Å². The highest BCUT2D eigenvalue weighted by Gasteiger charge is 2.11. The van der Waals surface area contributed by atoms with Gasteiger partial charge in [-0.15, -0.1) is 0 Å². The predicted molar refractivity (Wildman–Crippen MR) is 135 cm³/mol. The molecule has 3 N–H and O–H groups in total. The number of anilines is 5. The molecule has 1 saturated heterocycles. The van der Waals surface area contributed by atoms with Crippen LogP contribution in [-0.2, 0) is 11.3 Å². The number of halogens is 1. The fourth-order valence-electron chi connectivity index (χ4n) is 3.67. The second-order valence-electron chi connectivity index (χ2n) is 7.85. The zero-order valence-corrected chi connectivity index (χ0v) is 19.1. The lowest BCUT2D eigenvalue weighted by Crippen LogP contribution is -2.29. The Morgan fingerprint density at radius 1 is 1.03 bits per heavy atom. The second kappa shape index (κ2) is 10.8. The van der Waals surface area contributed by atoms with E-state index in [0.717, 1.165) is 24.3 Å². The lowest BCUT2D eigenvalue weighted by Gasteiger charge is -2.28. The third-order valence-corrected chi connectivity index (χ3v) is 5.73. The topological polar surface area (TPSA) is 82.2 Å². The van der Waals surface area contributed by atoms with Crippen molar-refractivity contribution in [3.05, 3.63) is 78.0 Å². The first-order valence-corrected chi connectivity index (χ1v) is 11.4. The molecule has 0 aliphatic carbocycles. The van der Waals surface area contributed by atoms with Gasteiger partial charge in [-0.05, 0) is 67.3 Å². The first kappa shape index (κ1) is 22.6. The fraction of sp³-hybridized carbons (Fsp3) is 0.240. The van der Waals surface area contributed by atoms with Crippen LogP contribution in [0.2, 0.25) is 5.02 Å². The first-order valence-electron chi connectivity index (χ1n) is 11.0. The van der Waals surface area contributed by atoms with Gasteiger partial charge in [-0.25, -0.2) is 4.98 Å². The summed E-state index contributed by atoms with van der Waals surface area (Å²) in [5.41, 5.74) is 3.89. The van der Waals surface area contributed by atoms with Crippen molar-refractivity contribution >= 4 is 46.3 Å². The van der Waals surface area contributed by atoms with E-state index >= 15 is 0 Å². The molecule has 1 amide bonds. The van der Waals surface area contributed by atoms with E-state index in [9.17, 15) is 4.79 Å². The Balaban J connectivity index is 1.36. The largest absolute Gasteiger partial charge is 0.372 e. The number of rotatable bonds is 8. The average Bonchev–Trinajstić information content (AvgIpc) is 2.86. The van der Waals surface area contributed by atoms with Crippen LogP contribution in [0.1, 0.15) is 24.8 Å². The van der Waals surface area contributed by atoms with E-state index < -0.39 is 0 Å². The van der Waals surface area contributed by atoms with Gasteiger partial charge in [-0.1, -0.05) is 30.3 Å². The monoisotopic (exact) mass is 462 g/mol. The van der Waals surface area contributed by atoms with Crippen molar-refractivity contribution in [3.8, 4) is 0 Å². The van der Waals surface area contributed by atoms with Crippen LogP contribution in [0.5, 0.6) is 0 Å². The van der Waals surface area contributed by atoms with E-state index in [4.69, 9.17) is 11.6 Å². The van der Waals surface area contributed by atoms with Gasteiger partial charge in [0, 0.05) is 36.7 Å². The Hall–Kier alpha value is -3.58. The van der Waals surface area contributed by atoms with Crippen LogP contribution in [0.4, 0.5) is 28.8 Å². The van der Waals surface area contributed by atoms with Crippen LogP contribution in [0.25, 0.3) is 0 Å². The predicted octanol–water partition coefficient (Wildman–Crippen LogP) is 5.60. The molecule has 7 nitrogen and oxygen atoms in total. The lowest BCUT2D eigenvalue weighted by molar-refractivity contribution is -0.111. The Morgan fingerprint density at radius 3 is 2.42 bits per heavy atom. The number of aromatic nitrogens is 2. The zero-order chi connectivity index (χ0) is 23.0. The summed E-state index contributed by atoms with van der Waals surface area (Å²) in [7, 11) is 0. The number of benzene rings is 2. The number of piperidine rings is 1. The summed E-state index contributed by atoms with van der Waals surface area (Å²) in [6.07, 6.45) is 6.64. The van der Waals surface area contributed by atoms with Crippen molar-refractivity contribution in [2.45, 2.75) is 25.8 Å². The molecule has 0 bridgehead atoms. The lowest BCUT2D eigenvalue weighted by atomic mass is 10.1. The number of amides is 1. The van der Waals surface area contributed by atoms with Crippen molar-refractivity contribution in [1.82, 2.24) is 9.97 Å². The second-order valence-corrected chi connectivity index (χ2v) is 8.26. The molecule has 2 heterocycles. The molecule has 4 rings (SSSR count). The van der Waals surface area contributed by atoms with E-state index in [1.165, 1.54) is 31.0 Å². The molecule has 0 saturated carbocycles. The molecule has 1 fully saturated rings. The van der Waals surface area contributed by atoms with Gasteiger partial charge in [0.15, 0.2) is 5.82 Å². The highest BCUT2D eigenvalue weighted by atomic mass is 35.5. The maximum Gasteiger partial charge on any atom is 0.247 e. The molecule has 1 aliphatic heterocycles. The summed E-state index contributed by atoms with van der Waals surface area (Å²) >= 11 is 6.29. The van der Waals surface area contributed by atoms with Gasteiger partial charge in [0.1, 0.15) is 5.02 Å². The molecule has 1 aromatic heterocycles. The van der Waals surface area contributed by atoms with Gasteiger partial charge in [0.2, 0.25) is 11.9 Å². The Bertz CT molecular complexity index is 1090. The summed E-state index contributed by atoms with van der Waals surface area (Å²) in [6, 6.07) is 15.9. The summed E-state index contributed by atoms with van der Waals surface area (Å²) in [4.78, 5) is 22.6. The standard InChI is InChI=1S/C25H27ClN6O/c1-2-23(33)29-19-8-6-18(7-9-19)16-27-24-22(26)17-28-25(31-24)30-20-10-12-21(13-11-20)32-14-4-3-5-15-32/h2,6-13,17H,1,3-5,14-16H2,(H,29,33)(H2,27,28,30,31). The van der Waals surface area contributed by atoms with E-state index in [-0.39, 0.29) is 5.91 Å². The number of carbonyl (C=O) groups is 1. The third-order valence-electron chi connectivity index (χ3n) is 5.46. The average molecular weight is 463 g/mol. The van der Waals surface area contributed by atoms with Gasteiger partial charge >= 0.3 is 0 Å². The fourth-order valence-corrected chi connectivity index (χ4v) is 3.83. The zero-order valence-electron chi connectivity index (χ0n) is 18.4. The van der Waals surface area contributed by atoms with E-state index in [2.05, 4.69) is 49.5 Å². The summed E-state index contributed by atoms with van der Waals surface area (Å²) < 4.78 is 0. The third kappa shape index (κ3) is 6.23. The van der Waals surface area contributed by atoms with Gasteiger partial charge in [0.05, 0.1) is 6.20 Å². The summed E-state index contributed by atoms with van der Waals surface area (Å²) in [5, 5.41) is 9.65. The molecular formula is C25H27ClN6O. The minimum absolute atomic E-state index is 0.241. The highest BCUT2D eigenvalue weighted by Crippen LogP contribution is 2.25. The van der Waals surface area contributed by atoms with Gasteiger partial charge in [-0.3, -0.25) is 4.79 Å². The normalized spacial score (nSPS) is 13.3. The summed E-state index contributed by atoms with van der Waals surface area (Å²) in [6.45, 7) is 6.21. The van der Waals surface area contributed by atoms with Crippen LogP contribution in [-0.4, -0.2) is 29.0 Å². The minimum Gasteiger partial charge on any atom is -0.372 e. The van der Waals surface area contributed by atoms with Crippen molar-refractivity contribution in [3.63, 3.8) is 0 Å². The van der Waals surface area contributed by atoms with Gasteiger partial charge in [0.25, 0.3) is 0 Å². The van der Waals surface area contributed by atoms with Gasteiger partial charge in [-0.2, -0.15) is 4.98 Å². The number of hydrogen-bond donors (Lipinski definition) is 3. The molecule has 2 aromatic carbocycles. The van der Waals surface area contributed by atoms with Crippen LogP contribution >= 0.6 is 11.6 Å². The van der Waals surface area contributed by atoms with Crippen molar-refractivity contribution < 1.29 is 4.79 Å². The van der Waals surface area contributed by atoms with Gasteiger partial charge < -0.3 is 20.9 Å². The van der Waals surface area contributed by atoms with E-state index in [1.807, 2.05) is 36.4 Å². The minimum atomic E-state index is -0.241. The SMILES string of the molecule is C=CC(=O)Nc1ccc(CNc2nc(Nc3ccc(N4CCCCC4)cc3)ncc2Cl)cc1. The maximum atomic E-state index is 11.4. The number of nitrogens with zero attached hydrogens (tertiary/aromatic N) is 3. The first-order chi connectivity index (χ1) is 16.1. The number of nitrogens with one attached hydrogen (secondary N) is 3. The smallest absolute Gasteiger partial charge is 0.247 e. The Morgan fingerprint density at radius 2 is 1.73 bits per heavy atom. The maximum absolute atomic E-state index is 11.4. The quantitative estimate of drug-likeness (QED) is 0.378. The molecular weight excluding hydrogens is 436 g/mol. The summed E-state index contributed by atoms with van der Waals surface area (Å²) in [5.74, 6) is 0.771. The molecule has 1 aliphatic rings. The van der Waals surface area contributed by atoms with Crippen LogP contribution in [0.3, 0.4) is 0 Å². The van der Waals surface area contributed by atoms with Crippen molar-refractivity contribution in [2.75, 3.05) is 33.9 Å². The van der Waals surface area contributed by atoms with Crippen LogP contribution in [0.15, 0.2) is 67.4 Å². The molecule has 0 unspecified atom stereocenters. The highest BCUT2D eigenvalue weighted by molar-refractivity contribution is 6.32. The molecule has 33 heavy (non-hydrogen) atoms. The van der Waals surface area contributed by atoms with Crippen molar-refractivity contribution in [2.24, 2.45) is 0 Å². The number of carbonyl (C=O) groups excluding carboxylic acids is 1. The van der Waals surface area contributed by atoms with Crippen LogP contribution < -0.4 is 20.9 Å². The van der Waals surface area contributed by atoms with Crippen molar-refractivity contribution in [1.29, 1.82) is 0 Å². The molecule has 0 spiro atoms. The Kier molecular flexibility index (Phi) is 7.42. The van der Waals surface area contributed by atoms with E-state index in [0.29, 0.717) is 29.0 Å². The number of hydrogen-bond acceptors (Lipinski definition) is 6. The van der Waals surface area contributed by atoms with E-state index in [1.54, 1.807) is 6.20 Å². The molecule has 0 radical (unpaired) electrons. The molecule has 0 atom stereocenters. The van der Waals surface area contributed by atoms with Crippen LogP contribution in [0, 0.1) is 0 Å².